The normalized spacial score (nSPS) is 17.3. The summed E-state index contributed by atoms with van der Waals surface area (Å²) in [5.74, 6) is 1.74. The molecule has 1 aromatic rings. The molecule has 0 atom stereocenters. The van der Waals surface area contributed by atoms with E-state index in [0.717, 1.165) is 23.6 Å². The molecule has 2 rings (SSSR count). The molecular formula is C13H19BrN2O2S2. The Morgan fingerprint density at radius 3 is 2.70 bits per heavy atom. The zero-order chi connectivity index (χ0) is 14.6. The van der Waals surface area contributed by atoms with Gasteiger partial charge in [0.15, 0.2) is 0 Å². The summed E-state index contributed by atoms with van der Waals surface area (Å²) < 4.78 is 27.6. The maximum atomic E-state index is 12.7. The monoisotopic (exact) mass is 378 g/mol. The fraction of sp³-hybridized carbons (Fsp3) is 0.538. The highest BCUT2D eigenvalue weighted by atomic mass is 79.9. The maximum Gasteiger partial charge on any atom is 0.244 e. The molecule has 4 nitrogen and oxygen atoms in total. The van der Waals surface area contributed by atoms with Gasteiger partial charge in [0, 0.05) is 35.6 Å². The van der Waals surface area contributed by atoms with Gasteiger partial charge in [-0.05, 0) is 40.2 Å². The summed E-state index contributed by atoms with van der Waals surface area (Å²) in [6.45, 7) is 4.76. The fourth-order valence-electron chi connectivity index (χ4n) is 2.05. The molecule has 0 aromatic heterocycles. The van der Waals surface area contributed by atoms with Gasteiger partial charge in [-0.15, -0.1) is 0 Å². The lowest BCUT2D eigenvalue weighted by Crippen LogP contribution is -2.38. The number of benzene rings is 1. The van der Waals surface area contributed by atoms with Crippen molar-refractivity contribution in [3.05, 3.63) is 28.2 Å². The molecule has 0 bridgehead atoms. The average molecular weight is 379 g/mol. The standard InChI is InChI=1S/C13H19BrN2O2S2/c1-2-15-10-11-3-4-12(14)13(9-11)20(17,18)16-5-7-19-8-6-16/h3-4,9,15H,2,5-8,10H2,1H3. The van der Waals surface area contributed by atoms with Crippen LogP contribution in [0, 0.1) is 0 Å². The molecule has 1 aromatic carbocycles. The van der Waals surface area contributed by atoms with Crippen LogP contribution in [0.1, 0.15) is 12.5 Å². The van der Waals surface area contributed by atoms with Crippen molar-refractivity contribution in [3.8, 4) is 0 Å². The number of thioether (sulfide) groups is 1. The molecule has 0 unspecified atom stereocenters. The lowest BCUT2D eigenvalue weighted by molar-refractivity contribution is 0.443. The van der Waals surface area contributed by atoms with Gasteiger partial charge in [0.05, 0.1) is 4.90 Å². The van der Waals surface area contributed by atoms with E-state index in [9.17, 15) is 8.42 Å². The van der Waals surface area contributed by atoms with Crippen molar-refractivity contribution in [2.24, 2.45) is 0 Å². The number of halogens is 1. The third kappa shape index (κ3) is 3.76. The van der Waals surface area contributed by atoms with Crippen LogP contribution < -0.4 is 5.32 Å². The van der Waals surface area contributed by atoms with E-state index in [1.54, 1.807) is 22.1 Å². The smallest absolute Gasteiger partial charge is 0.244 e. The molecule has 1 aliphatic heterocycles. The second-order valence-electron chi connectivity index (χ2n) is 4.56. The molecule has 0 aliphatic carbocycles. The van der Waals surface area contributed by atoms with Gasteiger partial charge in [-0.2, -0.15) is 16.1 Å². The summed E-state index contributed by atoms with van der Waals surface area (Å²) in [5.41, 5.74) is 0.986. The highest BCUT2D eigenvalue weighted by molar-refractivity contribution is 9.10. The van der Waals surface area contributed by atoms with E-state index in [1.807, 2.05) is 19.1 Å². The van der Waals surface area contributed by atoms with Crippen molar-refractivity contribution in [2.75, 3.05) is 31.1 Å². The number of nitrogens with one attached hydrogen (secondary N) is 1. The Kier molecular flexibility index (Phi) is 5.92. The first-order chi connectivity index (χ1) is 9.55. The van der Waals surface area contributed by atoms with Crippen LogP contribution in [-0.2, 0) is 16.6 Å². The first-order valence-corrected chi connectivity index (χ1v) is 10.0. The largest absolute Gasteiger partial charge is 0.313 e. The fourth-order valence-corrected chi connectivity index (χ4v) is 5.60. The molecule has 1 N–H and O–H groups in total. The van der Waals surface area contributed by atoms with E-state index in [2.05, 4.69) is 21.2 Å². The molecular weight excluding hydrogens is 360 g/mol. The Bertz CT molecular complexity index is 557. The topological polar surface area (TPSA) is 49.4 Å². The summed E-state index contributed by atoms with van der Waals surface area (Å²) in [6.07, 6.45) is 0. The Labute approximate surface area is 133 Å². The Morgan fingerprint density at radius 2 is 2.05 bits per heavy atom. The van der Waals surface area contributed by atoms with E-state index in [1.165, 1.54) is 0 Å². The predicted octanol–water partition coefficient (Wildman–Crippen LogP) is 2.30. The number of nitrogens with zero attached hydrogens (tertiary/aromatic N) is 1. The van der Waals surface area contributed by atoms with E-state index in [0.29, 0.717) is 29.0 Å². The van der Waals surface area contributed by atoms with Gasteiger partial charge in [0.25, 0.3) is 0 Å². The van der Waals surface area contributed by atoms with Gasteiger partial charge in [-0.1, -0.05) is 13.0 Å². The van der Waals surface area contributed by atoms with E-state index in [4.69, 9.17) is 0 Å². The highest BCUT2D eigenvalue weighted by Crippen LogP contribution is 2.27. The third-order valence-electron chi connectivity index (χ3n) is 3.16. The van der Waals surface area contributed by atoms with Crippen molar-refractivity contribution in [2.45, 2.75) is 18.4 Å². The summed E-state index contributed by atoms with van der Waals surface area (Å²) in [7, 11) is -3.39. The Balaban J connectivity index is 2.29. The van der Waals surface area contributed by atoms with Gasteiger partial charge >= 0.3 is 0 Å². The van der Waals surface area contributed by atoms with Gasteiger partial charge in [0.2, 0.25) is 10.0 Å². The Morgan fingerprint density at radius 1 is 1.35 bits per heavy atom. The molecule has 112 valence electrons. The lowest BCUT2D eigenvalue weighted by atomic mass is 10.2. The molecule has 1 fully saturated rings. The van der Waals surface area contributed by atoms with Crippen LogP contribution in [0.15, 0.2) is 27.6 Å². The van der Waals surface area contributed by atoms with E-state index >= 15 is 0 Å². The van der Waals surface area contributed by atoms with Gasteiger partial charge in [0.1, 0.15) is 0 Å². The summed E-state index contributed by atoms with van der Waals surface area (Å²) >= 11 is 5.17. The number of sulfonamides is 1. The van der Waals surface area contributed by atoms with Crippen molar-refractivity contribution >= 4 is 37.7 Å². The molecule has 0 saturated carbocycles. The van der Waals surface area contributed by atoms with Crippen molar-refractivity contribution in [1.29, 1.82) is 0 Å². The minimum atomic E-state index is -3.39. The van der Waals surface area contributed by atoms with Crippen LogP contribution in [0.25, 0.3) is 0 Å². The van der Waals surface area contributed by atoms with Crippen molar-refractivity contribution in [1.82, 2.24) is 9.62 Å². The van der Waals surface area contributed by atoms with Gasteiger partial charge < -0.3 is 5.32 Å². The second-order valence-corrected chi connectivity index (χ2v) is 8.55. The van der Waals surface area contributed by atoms with Crippen molar-refractivity contribution in [3.63, 3.8) is 0 Å². The van der Waals surface area contributed by atoms with Crippen LogP contribution in [0.3, 0.4) is 0 Å². The molecule has 20 heavy (non-hydrogen) atoms. The quantitative estimate of drug-likeness (QED) is 0.853. The molecule has 0 amide bonds. The first kappa shape index (κ1) is 16.3. The third-order valence-corrected chi connectivity index (χ3v) is 7.00. The van der Waals surface area contributed by atoms with Crippen LogP contribution >= 0.6 is 27.7 Å². The minimum absolute atomic E-state index is 0.375. The summed E-state index contributed by atoms with van der Waals surface area (Å²) in [6, 6.07) is 5.53. The average Bonchev–Trinajstić information content (AvgIpc) is 2.47. The zero-order valence-electron chi connectivity index (χ0n) is 11.4. The zero-order valence-corrected chi connectivity index (χ0v) is 14.7. The van der Waals surface area contributed by atoms with E-state index in [-0.39, 0.29) is 0 Å². The second kappa shape index (κ2) is 7.26. The predicted molar refractivity (Wildman–Crippen MR) is 87.6 cm³/mol. The molecule has 0 spiro atoms. The van der Waals surface area contributed by atoms with Crippen molar-refractivity contribution < 1.29 is 8.42 Å². The lowest BCUT2D eigenvalue weighted by Gasteiger charge is -2.26. The summed E-state index contributed by atoms with van der Waals surface area (Å²) in [4.78, 5) is 0.375. The molecule has 1 aliphatic rings. The maximum absolute atomic E-state index is 12.7. The van der Waals surface area contributed by atoms with Gasteiger partial charge in [-0.3, -0.25) is 0 Å². The number of hydrogen-bond donors (Lipinski definition) is 1. The highest BCUT2D eigenvalue weighted by Gasteiger charge is 2.28. The number of rotatable bonds is 5. The Hall–Kier alpha value is -0.0800. The van der Waals surface area contributed by atoms with Crippen LogP contribution in [0.2, 0.25) is 0 Å². The first-order valence-electron chi connectivity index (χ1n) is 6.62. The summed E-state index contributed by atoms with van der Waals surface area (Å²) in [5, 5.41) is 3.22. The molecule has 1 saturated heterocycles. The molecule has 7 heteroatoms. The van der Waals surface area contributed by atoms with Crippen LogP contribution in [0.5, 0.6) is 0 Å². The minimum Gasteiger partial charge on any atom is -0.313 e. The van der Waals surface area contributed by atoms with Crippen LogP contribution in [-0.4, -0.2) is 43.9 Å². The van der Waals surface area contributed by atoms with Gasteiger partial charge in [-0.25, -0.2) is 8.42 Å². The SMILES string of the molecule is CCNCc1ccc(Br)c(S(=O)(=O)N2CCSCC2)c1. The molecule has 0 radical (unpaired) electrons. The number of hydrogen-bond acceptors (Lipinski definition) is 4. The molecule has 1 heterocycles. The van der Waals surface area contributed by atoms with Crippen LogP contribution in [0.4, 0.5) is 0 Å². The van der Waals surface area contributed by atoms with E-state index < -0.39 is 10.0 Å².